The summed E-state index contributed by atoms with van der Waals surface area (Å²) in [7, 11) is 1.61. The van der Waals surface area contributed by atoms with E-state index in [1.807, 2.05) is 0 Å². The Bertz CT molecular complexity index is 533. The van der Waals surface area contributed by atoms with Gasteiger partial charge in [-0.05, 0) is 13.3 Å². The van der Waals surface area contributed by atoms with Gasteiger partial charge in [-0.1, -0.05) is 11.6 Å². The number of aromatic carboxylic acids is 1. The zero-order valence-electron chi connectivity index (χ0n) is 11.0. The van der Waals surface area contributed by atoms with Crippen molar-refractivity contribution in [1.82, 2.24) is 0 Å². The molecule has 1 atom stereocenters. The molecule has 1 aromatic rings. The normalized spacial score (nSPS) is 12.0. The first-order valence-corrected chi connectivity index (χ1v) is 6.22. The van der Waals surface area contributed by atoms with Gasteiger partial charge in [0.1, 0.15) is 0 Å². The molecular weight excluding hydrogens is 288 g/mol. The van der Waals surface area contributed by atoms with E-state index in [4.69, 9.17) is 16.7 Å². The number of nitro groups is 1. The lowest BCUT2D eigenvalue weighted by molar-refractivity contribution is -0.384. The molecule has 2 N–H and O–H groups in total. The molecule has 0 aliphatic carbocycles. The summed E-state index contributed by atoms with van der Waals surface area (Å²) in [5.41, 5.74) is -0.414. The quantitative estimate of drug-likeness (QED) is 0.616. The summed E-state index contributed by atoms with van der Waals surface area (Å²) in [5, 5.41) is 29.1. The highest BCUT2D eigenvalue weighted by Gasteiger charge is 2.22. The molecule has 0 amide bonds. The van der Waals surface area contributed by atoms with E-state index in [9.17, 15) is 20.0 Å². The molecule has 0 spiro atoms. The molecule has 0 radical (unpaired) electrons. The third-order valence-electron chi connectivity index (χ3n) is 2.75. The number of nitro benzene ring substituents is 1. The van der Waals surface area contributed by atoms with Crippen molar-refractivity contribution in [3.63, 3.8) is 0 Å². The first-order chi connectivity index (χ1) is 9.23. The summed E-state index contributed by atoms with van der Waals surface area (Å²) >= 11 is 5.96. The van der Waals surface area contributed by atoms with Crippen LogP contribution in [0.15, 0.2) is 12.1 Å². The lowest BCUT2D eigenvalue weighted by atomic mass is 10.1. The lowest BCUT2D eigenvalue weighted by Gasteiger charge is -2.23. The van der Waals surface area contributed by atoms with Gasteiger partial charge in [0.15, 0.2) is 0 Å². The van der Waals surface area contributed by atoms with Crippen LogP contribution in [0.25, 0.3) is 0 Å². The standard InChI is InChI=1S/C12H15ClN2O5/c1-7(16)3-4-14(2)11-9(12(17)18)5-8(15(19)20)6-10(11)13/h5-7,16H,3-4H2,1-2H3,(H,17,18). The maximum absolute atomic E-state index is 11.2. The highest BCUT2D eigenvalue weighted by Crippen LogP contribution is 2.33. The van der Waals surface area contributed by atoms with E-state index in [1.165, 1.54) is 0 Å². The van der Waals surface area contributed by atoms with Gasteiger partial charge in [0.05, 0.1) is 27.3 Å². The Kier molecular flexibility index (Phi) is 5.29. The smallest absolute Gasteiger partial charge is 0.338 e. The van der Waals surface area contributed by atoms with Gasteiger partial charge in [0, 0.05) is 25.7 Å². The fraction of sp³-hybridized carbons (Fsp3) is 0.417. The molecule has 0 aliphatic rings. The maximum Gasteiger partial charge on any atom is 0.338 e. The Labute approximate surface area is 120 Å². The van der Waals surface area contributed by atoms with Crippen LogP contribution in [0.4, 0.5) is 11.4 Å². The molecule has 110 valence electrons. The molecular formula is C12H15ClN2O5. The molecule has 0 aromatic heterocycles. The van der Waals surface area contributed by atoms with Gasteiger partial charge in [-0.2, -0.15) is 0 Å². The average molecular weight is 303 g/mol. The summed E-state index contributed by atoms with van der Waals surface area (Å²) in [5.74, 6) is -1.30. The number of hydrogen-bond acceptors (Lipinski definition) is 5. The number of aliphatic hydroxyl groups is 1. The van der Waals surface area contributed by atoms with Crippen LogP contribution in [0.1, 0.15) is 23.7 Å². The van der Waals surface area contributed by atoms with Crippen LogP contribution in [-0.4, -0.2) is 40.8 Å². The summed E-state index contributed by atoms with van der Waals surface area (Å²) < 4.78 is 0. The van der Waals surface area contributed by atoms with Crippen molar-refractivity contribution >= 4 is 28.9 Å². The van der Waals surface area contributed by atoms with Crippen molar-refractivity contribution in [2.75, 3.05) is 18.5 Å². The summed E-state index contributed by atoms with van der Waals surface area (Å²) in [4.78, 5) is 22.8. The summed E-state index contributed by atoms with van der Waals surface area (Å²) in [6.07, 6.45) is -0.120. The minimum atomic E-state index is -1.30. The number of carbonyl (C=O) groups is 1. The van der Waals surface area contributed by atoms with Crippen molar-refractivity contribution in [1.29, 1.82) is 0 Å². The van der Waals surface area contributed by atoms with Crippen LogP contribution >= 0.6 is 11.6 Å². The second kappa shape index (κ2) is 6.53. The zero-order chi connectivity index (χ0) is 15.4. The van der Waals surface area contributed by atoms with Crippen LogP contribution in [-0.2, 0) is 0 Å². The fourth-order valence-electron chi connectivity index (χ4n) is 1.73. The molecule has 0 heterocycles. The van der Waals surface area contributed by atoms with Gasteiger partial charge in [-0.15, -0.1) is 0 Å². The van der Waals surface area contributed by atoms with E-state index >= 15 is 0 Å². The number of hydrogen-bond donors (Lipinski definition) is 2. The van der Waals surface area contributed by atoms with Crippen molar-refractivity contribution in [2.45, 2.75) is 19.4 Å². The van der Waals surface area contributed by atoms with E-state index in [1.54, 1.807) is 18.9 Å². The number of carboxylic acids is 1. The Morgan fingerprint density at radius 1 is 1.55 bits per heavy atom. The molecule has 1 unspecified atom stereocenters. The van der Waals surface area contributed by atoms with Gasteiger partial charge < -0.3 is 15.1 Å². The number of non-ortho nitro benzene ring substituents is 1. The topological polar surface area (TPSA) is 104 Å². The molecule has 7 nitrogen and oxygen atoms in total. The minimum absolute atomic E-state index is 0.00954. The molecule has 0 fully saturated rings. The van der Waals surface area contributed by atoms with Crippen molar-refractivity contribution < 1.29 is 19.9 Å². The number of carboxylic acid groups (broad SMARTS) is 1. The number of halogens is 1. The molecule has 0 bridgehead atoms. The zero-order valence-corrected chi connectivity index (χ0v) is 11.8. The second-order valence-corrected chi connectivity index (χ2v) is 4.85. The number of nitrogens with zero attached hydrogens (tertiary/aromatic N) is 2. The van der Waals surface area contributed by atoms with E-state index < -0.39 is 17.0 Å². The van der Waals surface area contributed by atoms with Gasteiger partial charge >= 0.3 is 5.97 Å². The van der Waals surface area contributed by atoms with Crippen molar-refractivity contribution in [3.8, 4) is 0 Å². The third kappa shape index (κ3) is 3.82. The fourth-order valence-corrected chi connectivity index (χ4v) is 2.09. The predicted octanol–water partition coefficient (Wildman–Crippen LogP) is 2.15. The molecule has 0 aliphatic heterocycles. The molecule has 8 heteroatoms. The molecule has 1 aromatic carbocycles. The maximum atomic E-state index is 11.2. The number of anilines is 1. The van der Waals surface area contributed by atoms with E-state index in [-0.39, 0.29) is 22.0 Å². The molecule has 0 saturated carbocycles. The summed E-state index contributed by atoms with van der Waals surface area (Å²) in [6.45, 7) is 1.98. The van der Waals surface area contributed by atoms with Crippen LogP contribution in [0.5, 0.6) is 0 Å². The molecule has 0 saturated heterocycles. The van der Waals surface area contributed by atoms with Gasteiger partial charge in [0.2, 0.25) is 0 Å². The van der Waals surface area contributed by atoms with Gasteiger partial charge in [0.25, 0.3) is 5.69 Å². The number of aliphatic hydroxyl groups excluding tert-OH is 1. The molecule has 20 heavy (non-hydrogen) atoms. The van der Waals surface area contributed by atoms with Crippen LogP contribution < -0.4 is 4.90 Å². The predicted molar refractivity (Wildman–Crippen MR) is 74.6 cm³/mol. The van der Waals surface area contributed by atoms with E-state index in [0.717, 1.165) is 12.1 Å². The van der Waals surface area contributed by atoms with Crippen LogP contribution in [0.3, 0.4) is 0 Å². The highest BCUT2D eigenvalue weighted by atomic mass is 35.5. The van der Waals surface area contributed by atoms with Crippen molar-refractivity contribution in [3.05, 3.63) is 32.8 Å². The Morgan fingerprint density at radius 3 is 2.60 bits per heavy atom. The third-order valence-corrected chi connectivity index (χ3v) is 3.04. The first kappa shape index (κ1) is 16.2. The van der Waals surface area contributed by atoms with Crippen molar-refractivity contribution in [2.24, 2.45) is 0 Å². The Balaban J connectivity index is 3.23. The average Bonchev–Trinajstić information content (AvgIpc) is 2.34. The van der Waals surface area contributed by atoms with E-state index in [0.29, 0.717) is 13.0 Å². The minimum Gasteiger partial charge on any atom is -0.478 e. The number of rotatable bonds is 6. The van der Waals surface area contributed by atoms with Gasteiger partial charge in [-0.25, -0.2) is 4.79 Å². The SMILES string of the molecule is CC(O)CCN(C)c1c(Cl)cc([N+](=O)[O-])cc1C(=O)O. The molecule has 1 rings (SSSR count). The lowest BCUT2D eigenvalue weighted by Crippen LogP contribution is -2.24. The Morgan fingerprint density at radius 2 is 2.15 bits per heavy atom. The van der Waals surface area contributed by atoms with Crippen LogP contribution in [0.2, 0.25) is 5.02 Å². The monoisotopic (exact) mass is 302 g/mol. The highest BCUT2D eigenvalue weighted by molar-refractivity contribution is 6.34. The van der Waals surface area contributed by atoms with E-state index in [2.05, 4.69) is 0 Å². The first-order valence-electron chi connectivity index (χ1n) is 5.84. The second-order valence-electron chi connectivity index (χ2n) is 4.45. The largest absolute Gasteiger partial charge is 0.478 e. The Hall–Kier alpha value is -1.86. The van der Waals surface area contributed by atoms with Gasteiger partial charge in [-0.3, -0.25) is 10.1 Å². The summed E-state index contributed by atoms with van der Waals surface area (Å²) in [6, 6.07) is 2.09. The number of benzene rings is 1. The van der Waals surface area contributed by atoms with Crippen LogP contribution in [0, 0.1) is 10.1 Å².